The van der Waals surface area contributed by atoms with E-state index in [1.165, 1.54) is 0 Å². The van der Waals surface area contributed by atoms with Gasteiger partial charge in [-0.2, -0.15) is 0 Å². The van der Waals surface area contributed by atoms with Crippen molar-refractivity contribution in [3.05, 3.63) is 60.8 Å². The molecule has 0 radical (unpaired) electrons. The summed E-state index contributed by atoms with van der Waals surface area (Å²) in [6.45, 7) is 9.92. The van der Waals surface area contributed by atoms with Crippen LogP contribution in [0.15, 0.2) is 60.8 Å². The van der Waals surface area contributed by atoms with Crippen molar-refractivity contribution in [3.8, 4) is 11.3 Å². The zero-order valence-electron chi connectivity index (χ0n) is 22.9. The number of nitrogens with one attached hydrogen (secondary N) is 3. The van der Waals surface area contributed by atoms with Crippen molar-refractivity contribution in [2.45, 2.75) is 39.7 Å². The molecule has 39 heavy (non-hydrogen) atoms. The maximum Gasteiger partial charge on any atom is 0.241 e. The summed E-state index contributed by atoms with van der Waals surface area (Å²) in [4.78, 5) is 38.3. The molecule has 5 rings (SSSR count). The number of hydrogen-bond donors (Lipinski definition) is 3. The number of anilines is 4. The van der Waals surface area contributed by atoms with Gasteiger partial charge in [-0.1, -0.05) is 32.9 Å². The van der Waals surface area contributed by atoms with Crippen molar-refractivity contribution in [2.75, 3.05) is 48.3 Å². The number of aromatic nitrogens is 2. The fraction of sp³-hybridized carbons (Fsp3) is 0.400. The van der Waals surface area contributed by atoms with Crippen LogP contribution in [0.3, 0.4) is 0 Å². The van der Waals surface area contributed by atoms with Gasteiger partial charge < -0.3 is 25.8 Å². The largest absolute Gasteiger partial charge is 0.368 e. The van der Waals surface area contributed by atoms with Crippen molar-refractivity contribution in [3.63, 3.8) is 0 Å². The first-order valence-electron chi connectivity index (χ1n) is 13.7. The predicted octanol–water partition coefficient (Wildman–Crippen LogP) is 4.27. The quantitative estimate of drug-likeness (QED) is 0.440. The summed E-state index contributed by atoms with van der Waals surface area (Å²) >= 11 is 0. The summed E-state index contributed by atoms with van der Waals surface area (Å²) in [6, 6.07) is 17.7. The van der Waals surface area contributed by atoms with Crippen LogP contribution in [0.5, 0.6) is 0 Å². The van der Waals surface area contributed by atoms with Crippen LogP contribution in [-0.4, -0.2) is 65.4 Å². The molecule has 2 aliphatic rings. The van der Waals surface area contributed by atoms with Crippen LogP contribution in [0, 0.1) is 5.41 Å². The van der Waals surface area contributed by atoms with E-state index in [1.807, 2.05) is 68.1 Å². The molecular formula is C30H37N7O2. The summed E-state index contributed by atoms with van der Waals surface area (Å²) in [5.74, 6) is 0.737. The van der Waals surface area contributed by atoms with E-state index in [9.17, 15) is 9.59 Å². The average molecular weight is 528 g/mol. The van der Waals surface area contributed by atoms with E-state index in [4.69, 9.17) is 0 Å². The van der Waals surface area contributed by atoms with Gasteiger partial charge in [0.15, 0.2) is 0 Å². The predicted molar refractivity (Wildman–Crippen MR) is 155 cm³/mol. The molecule has 3 N–H and O–H groups in total. The lowest BCUT2D eigenvalue weighted by atomic mass is 9.94. The van der Waals surface area contributed by atoms with Gasteiger partial charge in [-0.15, -0.1) is 0 Å². The van der Waals surface area contributed by atoms with Crippen molar-refractivity contribution in [1.29, 1.82) is 0 Å². The minimum absolute atomic E-state index is 0.0117. The van der Waals surface area contributed by atoms with Crippen molar-refractivity contribution in [2.24, 2.45) is 5.41 Å². The Morgan fingerprint density at radius 3 is 2.26 bits per heavy atom. The van der Waals surface area contributed by atoms with E-state index in [0.717, 1.165) is 73.9 Å². The van der Waals surface area contributed by atoms with Crippen LogP contribution < -0.4 is 20.9 Å². The molecule has 3 heterocycles. The third kappa shape index (κ3) is 6.54. The van der Waals surface area contributed by atoms with E-state index >= 15 is 0 Å². The molecule has 9 nitrogen and oxygen atoms in total. The maximum absolute atomic E-state index is 12.6. The van der Waals surface area contributed by atoms with Gasteiger partial charge in [0.1, 0.15) is 0 Å². The number of carbonyl (C=O) groups excluding carboxylic acids is 2. The molecule has 204 valence electrons. The van der Waals surface area contributed by atoms with E-state index in [1.54, 1.807) is 6.20 Å². The number of piperazine rings is 1. The molecule has 0 saturated carbocycles. The second-order valence-electron chi connectivity index (χ2n) is 11.2. The van der Waals surface area contributed by atoms with E-state index in [2.05, 4.69) is 43.0 Å². The maximum atomic E-state index is 12.6. The zero-order valence-corrected chi connectivity index (χ0v) is 22.9. The zero-order chi connectivity index (χ0) is 27.4. The number of rotatable bonds is 6. The molecule has 1 atom stereocenters. The lowest BCUT2D eigenvalue weighted by Gasteiger charge is -2.38. The Balaban J connectivity index is 1.17. The van der Waals surface area contributed by atoms with Gasteiger partial charge in [-0.25, -0.2) is 9.97 Å². The minimum Gasteiger partial charge on any atom is -0.368 e. The average Bonchev–Trinajstić information content (AvgIpc) is 3.49. The summed E-state index contributed by atoms with van der Waals surface area (Å²) in [6.07, 6.45) is 3.64. The summed E-state index contributed by atoms with van der Waals surface area (Å²) in [5, 5.41) is 9.49. The van der Waals surface area contributed by atoms with Crippen molar-refractivity contribution in [1.82, 2.24) is 20.2 Å². The van der Waals surface area contributed by atoms with Gasteiger partial charge in [0, 0.05) is 60.4 Å². The van der Waals surface area contributed by atoms with Crippen LogP contribution in [0.4, 0.5) is 23.0 Å². The van der Waals surface area contributed by atoms with Crippen LogP contribution in [0.2, 0.25) is 0 Å². The Bertz CT molecular complexity index is 1290. The highest BCUT2D eigenvalue weighted by molar-refractivity contribution is 5.95. The minimum atomic E-state index is -0.345. The number of carbonyl (C=O) groups is 2. The number of nitrogens with zero attached hydrogens (tertiary/aromatic N) is 4. The first-order valence-corrected chi connectivity index (χ1v) is 13.7. The van der Waals surface area contributed by atoms with Crippen LogP contribution >= 0.6 is 0 Å². The third-order valence-corrected chi connectivity index (χ3v) is 7.18. The molecule has 2 fully saturated rings. The fourth-order valence-corrected chi connectivity index (χ4v) is 4.97. The topological polar surface area (TPSA) is 102 Å². The Morgan fingerprint density at radius 2 is 1.62 bits per heavy atom. The van der Waals surface area contributed by atoms with Crippen molar-refractivity contribution >= 4 is 34.8 Å². The fourth-order valence-electron chi connectivity index (χ4n) is 4.97. The first kappa shape index (κ1) is 26.6. The number of benzene rings is 2. The monoisotopic (exact) mass is 527 g/mol. The van der Waals surface area contributed by atoms with Crippen LogP contribution in [0.1, 0.15) is 33.6 Å². The molecule has 0 bridgehead atoms. The van der Waals surface area contributed by atoms with E-state index in [-0.39, 0.29) is 23.3 Å². The Hall–Kier alpha value is -3.98. The summed E-state index contributed by atoms with van der Waals surface area (Å²) in [5.41, 5.74) is 4.19. The normalized spacial score (nSPS) is 17.7. The molecule has 9 heteroatoms. The SMILES string of the molecule is CC(C)(C)C(=O)N1CCN(c2ccc(Nc3nccc(-c4ccc(NC(=O)[C@H]5CCCN5)cc4)n3)cc2)CC1. The van der Waals surface area contributed by atoms with Gasteiger partial charge >= 0.3 is 0 Å². The molecule has 2 amide bonds. The Kier molecular flexibility index (Phi) is 7.79. The van der Waals surface area contributed by atoms with Crippen molar-refractivity contribution < 1.29 is 9.59 Å². The summed E-state index contributed by atoms with van der Waals surface area (Å²) in [7, 11) is 0. The van der Waals surface area contributed by atoms with Gasteiger partial charge in [0.2, 0.25) is 17.8 Å². The highest BCUT2D eigenvalue weighted by Crippen LogP contribution is 2.25. The van der Waals surface area contributed by atoms with Gasteiger partial charge in [0.25, 0.3) is 0 Å². The summed E-state index contributed by atoms with van der Waals surface area (Å²) < 4.78 is 0. The number of hydrogen-bond acceptors (Lipinski definition) is 7. The standard InChI is InChI=1S/C30H37N7O2/c1-30(2,3)28(39)37-19-17-36(18-20-37)24-12-10-23(11-13-24)34-29-32-16-14-25(35-29)21-6-8-22(9-7-21)33-27(38)26-5-4-15-31-26/h6-14,16,26,31H,4-5,15,17-20H2,1-3H3,(H,33,38)(H,32,34,35)/t26-/m1/s1. The smallest absolute Gasteiger partial charge is 0.241 e. The molecule has 2 aliphatic heterocycles. The molecule has 1 aromatic heterocycles. The van der Waals surface area contributed by atoms with Crippen LogP contribution in [-0.2, 0) is 9.59 Å². The molecule has 0 unspecified atom stereocenters. The molecule has 2 saturated heterocycles. The highest BCUT2D eigenvalue weighted by Gasteiger charge is 2.29. The molecule has 2 aromatic carbocycles. The Labute approximate surface area is 230 Å². The van der Waals surface area contributed by atoms with Gasteiger partial charge in [-0.05, 0) is 61.9 Å². The molecular weight excluding hydrogens is 490 g/mol. The lowest BCUT2D eigenvalue weighted by molar-refractivity contribution is -0.139. The molecule has 0 aliphatic carbocycles. The second kappa shape index (κ2) is 11.4. The van der Waals surface area contributed by atoms with E-state index < -0.39 is 0 Å². The molecule has 3 aromatic rings. The van der Waals surface area contributed by atoms with Gasteiger partial charge in [-0.3, -0.25) is 9.59 Å². The Morgan fingerprint density at radius 1 is 0.923 bits per heavy atom. The third-order valence-electron chi connectivity index (χ3n) is 7.18. The lowest BCUT2D eigenvalue weighted by Crippen LogP contribution is -2.51. The second-order valence-corrected chi connectivity index (χ2v) is 11.2. The van der Waals surface area contributed by atoms with Crippen LogP contribution in [0.25, 0.3) is 11.3 Å². The molecule has 0 spiro atoms. The van der Waals surface area contributed by atoms with E-state index in [0.29, 0.717) is 5.95 Å². The first-order chi connectivity index (χ1) is 18.8. The highest BCUT2D eigenvalue weighted by atomic mass is 16.2. The van der Waals surface area contributed by atoms with Gasteiger partial charge in [0.05, 0.1) is 11.7 Å². The number of amides is 2.